The van der Waals surface area contributed by atoms with E-state index in [4.69, 9.17) is 0 Å². The summed E-state index contributed by atoms with van der Waals surface area (Å²) in [5.74, 6) is -0.391. The van der Waals surface area contributed by atoms with Crippen molar-refractivity contribution < 1.29 is 9.90 Å². The Balaban J connectivity index is 6.02. The number of hydrogen-bond donors (Lipinski definition) is 1. The van der Waals surface area contributed by atoms with Crippen molar-refractivity contribution in [3.05, 3.63) is 0 Å². The number of rotatable bonds is 64. The number of carboxylic acids is 1. The highest BCUT2D eigenvalue weighted by Gasteiger charge is 2.54. The molecule has 0 fully saturated rings. The average Bonchev–Trinajstić information content (AvgIpc) is 3.38. The Bertz CT molecular complexity index is 961. The third-order valence-corrected chi connectivity index (χ3v) is 18.1. The molecule has 0 heterocycles. The van der Waals surface area contributed by atoms with Gasteiger partial charge in [-0.2, -0.15) is 0 Å². The maximum atomic E-state index is 14.5. The van der Waals surface area contributed by atoms with E-state index in [1.807, 2.05) is 0 Å². The Morgan fingerprint density at radius 1 is 0.208 bits per heavy atom. The summed E-state index contributed by atoms with van der Waals surface area (Å²) >= 11 is 0. The van der Waals surface area contributed by atoms with E-state index in [0.717, 1.165) is 25.7 Å². The predicted molar refractivity (Wildman–Crippen MR) is 327 cm³/mol. The molecule has 0 saturated heterocycles. The van der Waals surface area contributed by atoms with Crippen LogP contribution < -0.4 is 0 Å². The molecule has 0 spiro atoms. The minimum atomic E-state index is -0.567. The molecule has 0 aromatic heterocycles. The molecule has 0 atom stereocenters. The van der Waals surface area contributed by atoms with Gasteiger partial charge in [0.05, 0.1) is 5.41 Å². The van der Waals surface area contributed by atoms with Gasteiger partial charge in [0, 0.05) is 0 Å². The van der Waals surface area contributed by atoms with Gasteiger partial charge < -0.3 is 5.11 Å². The summed E-state index contributed by atoms with van der Waals surface area (Å²) in [4.78, 5) is 14.5. The lowest BCUT2D eigenvalue weighted by Crippen LogP contribution is -2.48. The molecule has 72 heavy (non-hydrogen) atoms. The molecule has 0 rings (SSSR count). The van der Waals surface area contributed by atoms with E-state index in [-0.39, 0.29) is 5.41 Å². The third kappa shape index (κ3) is 43.6. The monoisotopic (exact) mass is 1010 g/mol. The predicted octanol–water partition coefficient (Wildman–Crippen LogP) is 26.3. The van der Waals surface area contributed by atoms with Gasteiger partial charge in [0.25, 0.3) is 0 Å². The Kier molecular flexibility index (Phi) is 57.7. The van der Waals surface area contributed by atoms with E-state index in [2.05, 4.69) is 34.6 Å². The molecule has 0 bridgehead atoms. The molecular formula is C70H140O2. The van der Waals surface area contributed by atoms with Crippen molar-refractivity contribution in [3.8, 4) is 0 Å². The van der Waals surface area contributed by atoms with Crippen LogP contribution in [0.5, 0.6) is 0 Å². The van der Waals surface area contributed by atoms with Gasteiger partial charge in [0.2, 0.25) is 0 Å². The molecule has 0 aliphatic carbocycles. The van der Waals surface area contributed by atoms with Crippen LogP contribution in [0, 0.1) is 10.8 Å². The number of aliphatic carboxylic acids is 1. The largest absolute Gasteiger partial charge is 0.481 e. The van der Waals surface area contributed by atoms with Crippen molar-refractivity contribution in [2.45, 2.75) is 433 Å². The van der Waals surface area contributed by atoms with Crippen molar-refractivity contribution in [1.29, 1.82) is 0 Å². The lowest BCUT2D eigenvalue weighted by molar-refractivity contribution is -0.164. The quantitative estimate of drug-likeness (QED) is 0.0617. The smallest absolute Gasteiger partial charge is 0.310 e. The zero-order valence-corrected chi connectivity index (χ0v) is 51.2. The van der Waals surface area contributed by atoms with Gasteiger partial charge in [-0.15, -0.1) is 0 Å². The van der Waals surface area contributed by atoms with Crippen molar-refractivity contribution in [2.75, 3.05) is 0 Å². The van der Waals surface area contributed by atoms with Crippen molar-refractivity contribution in [3.63, 3.8) is 0 Å². The first-order chi connectivity index (χ1) is 35.5. The average molecular weight is 1010 g/mol. The zero-order valence-electron chi connectivity index (χ0n) is 51.2. The van der Waals surface area contributed by atoms with Crippen LogP contribution in [0.1, 0.15) is 433 Å². The SMILES string of the molecule is CCCCCCCCCCCCCCCCCCC(CCCCCCCCCCC)(CCCCCCCCCCCCCCCCCC)C(CCCCCCCCCC)(CCCCCCCCCC)C(=O)O. The highest BCUT2D eigenvalue weighted by Crippen LogP contribution is 2.57. The van der Waals surface area contributed by atoms with E-state index in [9.17, 15) is 9.90 Å². The first-order valence-electron chi connectivity index (χ1n) is 34.7. The molecule has 0 unspecified atom stereocenters. The highest BCUT2D eigenvalue weighted by molar-refractivity contribution is 5.76. The van der Waals surface area contributed by atoms with Crippen LogP contribution >= 0.6 is 0 Å². The standard InChI is InChI=1S/C70H140O2/c1-6-11-16-21-26-31-33-35-37-39-41-43-46-49-54-59-64-69(63-58-53-48-45-28-23-18-13-8-3,65-60-55-50-47-44-42-40-38-36-34-32-27-22-17-12-7-2)70(68(71)72,66-61-56-51-29-24-19-14-9-4)67-62-57-52-30-25-20-15-10-5/h6-67H2,1-5H3,(H,71,72). The van der Waals surface area contributed by atoms with Gasteiger partial charge in [-0.05, 0) is 37.5 Å². The summed E-state index contributed by atoms with van der Waals surface area (Å²) in [7, 11) is 0. The van der Waals surface area contributed by atoms with Crippen LogP contribution in [0.15, 0.2) is 0 Å². The third-order valence-electron chi connectivity index (χ3n) is 18.1. The molecule has 0 radical (unpaired) electrons. The van der Waals surface area contributed by atoms with E-state index >= 15 is 0 Å². The molecule has 432 valence electrons. The van der Waals surface area contributed by atoms with Crippen molar-refractivity contribution >= 4 is 5.97 Å². The zero-order chi connectivity index (χ0) is 52.4. The molecule has 0 amide bonds. The first-order valence-corrected chi connectivity index (χ1v) is 34.7. The molecular weight excluding hydrogens is 873 g/mol. The van der Waals surface area contributed by atoms with Gasteiger partial charge in [0.15, 0.2) is 0 Å². The minimum Gasteiger partial charge on any atom is -0.481 e. The molecule has 0 aromatic carbocycles. The second kappa shape index (κ2) is 58.2. The highest BCUT2D eigenvalue weighted by atomic mass is 16.4. The number of carbonyl (C=O) groups is 1. The normalized spacial score (nSPS) is 12.2. The Labute approximate surface area is 457 Å². The molecule has 0 aromatic rings. The fourth-order valence-corrected chi connectivity index (χ4v) is 13.1. The van der Waals surface area contributed by atoms with Gasteiger partial charge in [-0.3, -0.25) is 4.79 Å². The fraction of sp³-hybridized carbons (Fsp3) is 0.986. The van der Waals surface area contributed by atoms with Gasteiger partial charge in [0.1, 0.15) is 0 Å². The lowest BCUT2D eigenvalue weighted by Gasteiger charge is -2.50. The second-order valence-electron chi connectivity index (χ2n) is 24.8. The summed E-state index contributed by atoms with van der Waals surface area (Å²) in [5, 5.41) is 12.0. The van der Waals surface area contributed by atoms with E-state index in [1.165, 1.54) is 372 Å². The molecule has 1 N–H and O–H groups in total. The first kappa shape index (κ1) is 71.5. The van der Waals surface area contributed by atoms with Gasteiger partial charge >= 0.3 is 5.97 Å². The summed E-state index contributed by atoms with van der Waals surface area (Å²) in [6, 6.07) is 0. The summed E-state index contributed by atoms with van der Waals surface area (Å²) in [5.41, 5.74) is -0.628. The number of hydrogen-bond acceptors (Lipinski definition) is 1. The van der Waals surface area contributed by atoms with Crippen LogP contribution in [0.3, 0.4) is 0 Å². The summed E-state index contributed by atoms with van der Waals surface area (Å²) in [6.07, 6.45) is 83.1. The van der Waals surface area contributed by atoms with Crippen molar-refractivity contribution in [1.82, 2.24) is 0 Å². The lowest BCUT2D eigenvalue weighted by atomic mass is 9.53. The molecule has 2 heteroatoms. The number of carboxylic acid groups (broad SMARTS) is 1. The summed E-state index contributed by atoms with van der Waals surface area (Å²) < 4.78 is 0. The Hall–Kier alpha value is -0.530. The van der Waals surface area contributed by atoms with E-state index < -0.39 is 11.4 Å². The van der Waals surface area contributed by atoms with Crippen molar-refractivity contribution in [2.24, 2.45) is 10.8 Å². The van der Waals surface area contributed by atoms with Gasteiger partial charge in [-0.25, -0.2) is 0 Å². The Morgan fingerprint density at radius 3 is 0.472 bits per heavy atom. The Morgan fingerprint density at radius 2 is 0.333 bits per heavy atom. The van der Waals surface area contributed by atoms with Gasteiger partial charge in [-0.1, -0.05) is 401 Å². The van der Waals surface area contributed by atoms with Crippen LogP contribution in [-0.2, 0) is 4.79 Å². The maximum Gasteiger partial charge on any atom is 0.310 e. The molecule has 0 aliphatic rings. The van der Waals surface area contributed by atoms with Crippen LogP contribution in [-0.4, -0.2) is 11.1 Å². The number of unbranched alkanes of at least 4 members (excludes halogenated alkanes) is 52. The second-order valence-corrected chi connectivity index (χ2v) is 24.8. The summed E-state index contributed by atoms with van der Waals surface area (Å²) in [6.45, 7) is 11.6. The van der Waals surface area contributed by atoms with E-state index in [0.29, 0.717) is 0 Å². The minimum absolute atomic E-state index is 0.0613. The van der Waals surface area contributed by atoms with E-state index in [1.54, 1.807) is 0 Å². The van der Waals surface area contributed by atoms with Crippen LogP contribution in [0.2, 0.25) is 0 Å². The molecule has 2 nitrogen and oxygen atoms in total. The van der Waals surface area contributed by atoms with Crippen LogP contribution in [0.4, 0.5) is 0 Å². The molecule has 0 saturated carbocycles. The molecule has 0 aliphatic heterocycles. The fourth-order valence-electron chi connectivity index (χ4n) is 13.1. The maximum absolute atomic E-state index is 14.5. The topological polar surface area (TPSA) is 37.3 Å². The van der Waals surface area contributed by atoms with Crippen LogP contribution in [0.25, 0.3) is 0 Å².